The van der Waals surface area contributed by atoms with E-state index >= 15 is 0 Å². The van der Waals surface area contributed by atoms with Crippen LogP contribution < -0.4 is 11.1 Å². The summed E-state index contributed by atoms with van der Waals surface area (Å²) in [5.41, 5.74) is 5.69. The number of nitrogens with two attached hydrogens (primary N) is 1. The number of nitrogens with zero attached hydrogens (tertiary/aromatic N) is 2. The lowest BCUT2D eigenvalue weighted by Gasteiger charge is -2.20. The summed E-state index contributed by atoms with van der Waals surface area (Å²) in [7, 11) is 0. The Hall–Kier alpha value is -0.940. The van der Waals surface area contributed by atoms with Gasteiger partial charge in [0.1, 0.15) is 0 Å². The van der Waals surface area contributed by atoms with E-state index in [-0.39, 0.29) is 6.04 Å². The molecule has 0 radical (unpaired) electrons. The van der Waals surface area contributed by atoms with Crippen molar-refractivity contribution in [2.24, 2.45) is 11.7 Å². The Balaban J connectivity index is 1.86. The van der Waals surface area contributed by atoms with Crippen molar-refractivity contribution in [3.8, 4) is 0 Å². The van der Waals surface area contributed by atoms with Crippen LogP contribution in [0.25, 0.3) is 0 Å². The van der Waals surface area contributed by atoms with Crippen molar-refractivity contribution in [1.82, 2.24) is 15.5 Å². The third kappa shape index (κ3) is 3.28. The highest BCUT2D eigenvalue weighted by atomic mass is 16.5. The molecule has 1 aliphatic rings. The van der Waals surface area contributed by atoms with Crippen LogP contribution in [0.15, 0.2) is 4.52 Å². The Morgan fingerprint density at radius 3 is 2.94 bits per heavy atom. The molecule has 5 nitrogen and oxygen atoms in total. The van der Waals surface area contributed by atoms with Gasteiger partial charge in [-0.05, 0) is 38.8 Å². The number of hydrogen-bond acceptors (Lipinski definition) is 5. The van der Waals surface area contributed by atoms with Crippen LogP contribution in [0.2, 0.25) is 0 Å². The first-order valence-corrected chi connectivity index (χ1v) is 6.02. The summed E-state index contributed by atoms with van der Waals surface area (Å²) >= 11 is 0. The molecule has 0 aliphatic carbocycles. The molecule has 0 saturated carbocycles. The summed E-state index contributed by atoms with van der Waals surface area (Å²) in [6.07, 6.45) is 4.00. The molecule has 0 bridgehead atoms. The molecular formula is C11H20N4O. The maximum absolute atomic E-state index is 5.69. The fraction of sp³-hybridized carbons (Fsp3) is 0.818. The predicted molar refractivity (Wildman–Crippen MR) is 60.9 cm³/mol. The van der Waals surface area contributed by atoms with Crippen LogP contribution in [-0.4, -0.2) is 29.3 Å². The third-order valence-corrected chi connectivity index (χ3v) is 2.94. The molecule has 1 unspecified atom stereocenters. The number of piperidine rings is 1. The summed E-state index contributed by atoms with van der Waals surface area (Å²) < 4.78 is 5.23. The minimum atomic E-state index is 0.0873. The summed E-state index contributed by atoms with van der Waals surface area (Å²) in [5.74, 6) is 2.19. The van der Waals surface area contributed by atoms with Gasteiger partial charge in [-0.1, -0.05) is 5.16 Å². The van der Waals surface area contributed by atoms with Gasteiger partial charge in [-0.25, -0.2) is 0 Å². The van der Waals surface area contributed by atoms with Crippen LogP contribution in [-0.2, 0) is 12.8 Å². The minimum Gasteiger partial charge on any atom is -0.339 e. The second-order valence-corrected chi connectivity index (χ2v) is 4.68. The van der Waals surface area contributed by atoms with Crippen LogP contribution in [0.5, 0.6) is 0 Å². The first-order valence-electron chi connectivity index (χ1n) is 6.02. The van der Waals surface area contributed by atoms with Crippen LogP contribution in [0, 0.1) is 5.92 Å². The standard InChI is InChI=1S/C11H20N4O/c1-8(12)6-10-14-11(16-15-10)7-9-2-4-13-5-3-9/h8-9,13H,2-7,12H2,1H3. The van der Waals surface area contributed by atoms with Gasteiger partial charge in [0.15, 0.2) is 5.82 Å². The van der Waals surface area contributed by atoms with Gasteiger partial charge in [-0.3, -0.25) is 0 Å². The van der Waals surface area contributed by atoms with Gasteiger partial charge in [0, 0.05) is 18.9 Å². The Morgan fingerprint density at radius 1 is 1.50 bits per heavy atom. The van der Waals surface area contributed by atoms with Crippen molar-refractivity contribution in [2.45, 2.75) is 38.6 Å². The molecule has 1 aromatic rings. The Kier molecular flexibility index (Phi) is 3.90. The summed E-state index contributed by atoms with van der Waals surface area (Å²) in [6.45, 7) is 4.15. The molecule has 2 rings (SSSR count). The van der Waals surface area contributed by atoms with E-state index in [0.717, 1.165) is 31.2 Å². The maximum Gasteiger partial charge on any atom is 0.226 e. The minimum absolute atomic E-state index is 0.0873. The molecule has 0 aromatic carbocycles. The molecule has 2 heterocycles. The zero-order valence-corrected chi connectivity index (χ0v) is 9.78. The number of hydrogen-bond donors (Lipinski definition) is 2. The van der Waals surface area contributed by atoms with E-state index in [2.05, 4.69) is 15.5 Å². The fourth-order valence-electron chi connectivity index (χ4n) is 2.08. The van der Waals surface area contributed by atoms with Crippen molar-refractivity contribution in [3.05, 3.63) is 11.7 Å². The van der Waals surface area contributed by atoms with Gasteiger partial charge < -0.3 is 15.6 Å². The van der Waals surface area contributed by atoms with E-state index in [0.29, 0.717) is 12.3 Å². The second-order valence-electron chi connectivity index (χ2n) is 4.68. The van der Waals surface area contributed by atoms with Crippen molar-refractivity contribution in [1.29, 1.82) is 0 Å². The molecule has 90 valence electrons. The van der Waals surface area contributed by atoms with E-state index < -0.39 is 0 Å². The van der Waals surface area contributed by atoms with Crippen LogP contribution in [0.4, 0.5) is 0 Å². The van der Waals surface area contributed by atoms with E-state index in [9.17, 15) is 0 Å². The number of nitrogens with one attached hydrogen (secondary N) is 1. The molecule has 16 heavy (non-hydrogen) atoms. The van der Waals surface area contributed by atoms with Gasteiger partial charge in [-0.15, -0.1) is 0 Å². The molecule has 3 N–H and O–H groups in total. The molecule has 1 aromatic heterocycles. The largest absolute Gasteiger partial charge is 0.339 e. The topological polar surface area (TPSA) is 77.0 Å². The third-order valence-electron chi connectivity index (χ3n) is 2.94. The van der Waals surface area contributed by atoms with Crippen molar-refractivity contribution < 1.29 is 4.52 Å². The Morgan fingerprint density at radius 2 is 2.25 bits per heavy atom. The van der Waals surface area contributed by atoms with Gasteiger partial charge in [0.25, 0.3) is 0 Å². The van der Waals surface area contributed by atoms with E-state index in [1.165, 1.54) is 12.8 Å². The SMILES string of the molecule is CC(N)Cc1noc(CC2CCNCC2)n1. The predicted octanol–water partition coefficient (Wildman–Crippen LogP) is 0.501. The monoisotopic (exact) mass is 224 g/mol. The van der Waals surface area contributed by atoms with Crippen LogP contribution >= 0.6 is 0 Å². The molecule has 0 amide bonds. The van der Waals surface area contributed by atoms with Crippen LogP contribution in [0.1, 0.15) is 31.5 Å². The van der Waals surface area contributed by atoms with E-state index in [4.69, 9.17) is 10.3 Å². The molecule has 1 aliphatic heterocycles. The average molecular weight is 224 g/mol. The fourth-order valence-corrected chi connectivity index (χ4v) is 2.08. The smallest absolute Gasteiger partial charge is 0.226 e. The van der Waals surface area contributed by atoms with Gasteiger partial charge in [0.2, 0.25) is 5.89 Å². The lowest BCUT2D eigenvalue weighted by molar-refractivity contribution is 0.311. The highest BCUT2D eigenvalue weighted by Gasteiger charge is 2.17. The van der Waals surface area contributed by atoms with Crippen molar-refractivity contribution in [2.75, 3.05) is 13.1 Å². The summed E-state index contributed by atoms with van der Waals surface area (Å²) in [5, 5.41) is 7.29. The molecule has 1 fully saturated rings. The number of rotatable bonds is 4. The quantitative estimate of drug-likeness (QED) is 0.779. The molecule has 0 spiro atoms. The lowest BCUT2D eigenvalue weighted by atomic mass is 9.95. The summed E-state index contributed by atoms with van der Waals surface area (Å²) in [4.78, 5) is 4.37. The lowest BCUT2D eigenvalue weighted by Crippen LogP contribution is -2.28. The zero-order chi connectivity index (χ0) is 11.4. The normalized spacial score (nSPS) is 19.9. The Bertz CT molecular complexity index is 318. The average Bonchev–Trinajstić information content (AvgIpc) is 2.66. The van der Waals surface area contributed by atoms with Gasteiger partial charge in [0.05, 0.1) is 0 Å². The first kappa shape index (κ1) is 11.5. The number of aromatic nitrogens is 2. The second kappa shape index (κ2) is 5.41. The molecule has 1 atom stereocenters. The van der Waals surface area contributed by atoms with Crippen molar-refractivity contribution >= 4 is 0 Å². The van der Waals surface area contributed by atoms with E-state index in [1.54, 1.807) is 0 Å². The zero-order valence-electron chi connectivity index (χ0n) is 9.78. The molecule has 1 saturated heterocycles. The summed E-state index contributed by atoms with van der Waals surface area (Å²) in [6, 6.07) is 0.0873. The first-order chi connectivity index (χ1) is 7.74. The maximum atomic E-state index is 5.69. The highest BCUT2D eigenvalue weighted by Crippen LogP contribution is 2.16. The molecule has 5 heteroatoms. The van der Waals surface area contributed by atoms with Crippen molar-refractivity contribution in [3.63, 3.8) is 0 Å². The Labute approximate surface area is 95.8 Å². The van der Waals surface area contributed by atoms with Crippen LogP contribution in [0.3, 0.4) is 0 Å². The highest BCUT2D eigenvalue weighted by molar-refractivity contribution is 4.90. The van der Waals surface area contributed by atoms with E-state index in [1.807, 2.05) is 6.92 Å². The van der Waals surface area contributed by atoms with Gasteiger partial charge >= 0.3 is 0 Å². The van der Waals surface area contributed by atoms with Gasteiger partial charge in [-0.2, -0.15) is 4.98 Å². The molecular weight excluding hydrogens is 204 g/mol.